The largest absolute Gasteiger partial charge is 0.494 e. The molecule has 122 valence electrons. The van der Waals surface area contributed by atoms with Gasteiger partial charge in [-0.05, 0) is 46.1 Å². The van der Waals surface area contributed by atoms with Gasteiger partial charge >= 0.3 is 7.12 Å². The van der Waals surface area contributed by atoms with E-state index in [1.54, 1.807) is 0 Å². The number of rotatable bonds is 2. The summed E-state index contributed by atoms with van der Waals surface area (Å²) in [5.41, 5.74) is 2.58. The number of ether oxygens (including phenoxy) is 1. The maximum atomic E-state index is 6.16. The van der Waals surface area contributed by atoms with Crippen LogP contribution in [0.5, 0.6) is 0 Å². The fourth-order valence-corrected chi connectivity index (χ4v) is 3.08. The Morgan fingerprint density at radius 2 is 1.78 bits per heavy atom. The van der Waals surface area contributed by atoms with Crippen LogP contribution in [0.2, 0.25) is 0 Å². The summed E-state index contributed by atoms with van der Waals surface area (Å²) in [6.45, 7) is 11.8. The Morgan fingerprint density at radius 3 is 2.35 bits per heavy atom. The zero-order valence-electron chi connectivity index (χ0n) is 14.4. The second-order valence-corrected chi connectivity index (χ2v) is 7.59. The van der Waals surface area contributed by atoms with E-state index < -0.39 is 0 Å². The predicted octanol–water partition coefficient (Wildman–Crippen LogP) is 2.22. The summed E-state index contributed by atoms with van der Waals surface area (Å²) in [7, 11) is -0.334. The molecule has 2 aliphatic heterocycles. The highest BCUT2D eigenvalue weighted by atomic mass is 16.7. The van der Waals surface area contributed by atoms with Crippen molar-refractivity contribution >= 4 is 23.5 Å². The Bertz CT molecular complexity index is 749. The number of nitrogens with zero attached hydrogens (tertiary/aromatic N) is 2. The fourth-order valence-electron chi connectivity index (χ4n) is 3.08. The van der Waals surface area contributed by atoms with Crippen LogP contribution in [0.25, 0.3) is 10.9 Å². The Labute approximate surface area is 137 Å². The molecule has 0 spiro atoms. The standard InChI is InChI=1S/C17H23BN2O3/c1-11-14-8-12(18-22-16(2,3)17(4,5)23-18)6-7-15(14)20(19-11)13-9-21-10-13/h6-8,13H,9-10H2,1-5H3. The SMILES string of the molecule is Cc1nn(C2COC2)c2ccc(B3OC(C)(C)C(C)(C)O3)cc12. The molecule has 6 heteroatoms. The van der Waals surface area contributed by atoms with E-state index in [1.165, 1.54) is 0 Å². The fraction of sp³-hybridized carbons (Fsp3) is 0.588. The highest BCUT2D eigenvalue weighted by Gasteiger charge is 2.51. The molecule has 23 heavy (non-hydrogen) atoms. The van der Waals surface area contributed by atoms with Crippen molar-refractivity contribution in [1.82, 2.24) is 9.78 Å². The third-order valence-electron chi connectivity index (χ3n) is 5.41. The molecule has 3 heterocycles. The molecule has 0 unspecified atom stereocenters. The Kier molecular flexibility index (Phi) is 3.18. The number of hydrogen-bond acceptors (Lipinski definition) is 4. The van der Waals surface area contributed by atoms with Gasteiger partial charge in [0.1, 0.15) is 0 Å². The molecular formula is C17H23BN2O3. The van der Waals surface area contributed by atoms with Crippen molar-refractivity contribution in [1.29, 1.82) is 0 Å². The van der Waals surface area contributed by atoms with Crippen LogP contribution in [0.4, 0.5) is 0 Å². The molecule has 0 atom stereocenters. The third kappa shape index (κ3) is 2.23. The number of aryl methyl sites for hydroxylation is 1. The monoisotopic (exact) mass is 314 g/mol. The van der Waals surface area contributed by atoms with Crippen LogP contribution in [0, 0.1) is 6.92 Å². The van der Waals surface area contributed by atoms with E-state index in [9.17, 15) is 0 Å². The van der Waals surface area contributed by atoms with Crippen LogP contribution >= 0.6 is 0 Å². The van der Waals surface area contributed by atoms with Crippen molar-refractivity contribution in [3.05, 3.63) is 23.9 Å². The normalized spacial score (nSPS) is 23.4. The van der Waals surface area contributed by atoms with Crippen LogP contribution < -0.4 is 5.46 Å². The van der Waals surface area contributed by atoms with E-state index in [0.717, 1.165) is 35.3 Å². The van der Waals surface area contributed by atoms with E-state index >= 15 is 0 Å². The van der Waals surface area contributed by atoms with E-state index in [4.69, 9.17) is 19.1 Å². The van der Waals surface area contributed by atoms with Crippen LogP contribution in [-0.2, 0) is 14.0 Å². The molecule has 1 aromatic heterocycles. The molecule has 2 aromatic rings. The minimum Gasteiger partial charge on any atom is -0.399 e. The Morgan fingerprint density at radius 1 is 1.13 bits per heavy atom. The smallest absolute Gasteiger partial charge is 0.399 e. The third-order valence-corrected chi connectivity index (χ3v) is 5.41. The molecule has 2 saturated heterocycles. The molecule has 1 aromatic carbocycles. The van der Waals surface area contributed by atoms with Gasteiger partial charge in [0.05, 0.1) is 41.7 Å². The van der Waals surface area contributed by atoms with Crippen LogP contribution in [0.1, 0.15) is 39.4 Å². The van der Waals surface area contributed by atoms with Gasteiger partial charge < -0.3 is 14.0 Å². The summed E-state index contributed by atoms with van der Waals surface area (Å²) in [4.78, 5) is 0. The van der Waals surface area contributed by atoms with Crippen molar-refractivity contribution in [3.63, 3.8) is 0 Å². The van der Waals surface area contributed by atoms with Gasteiger partial charge in [-0.15, -0.1) is 0 Å². The number of fused-ring (bicyclic) bond motifs is 1. The molecule has 0 amide bonds. The van der Waals surface area contributed by atoms with Gasteiger partial charge in [0.15, 0.2) is 0 Å². The summed E-state index contributed by atoms with van der Waals surface area (Å²) in [6.07, 6.45) is 0. The average Bonchev–Trinajstić information content (AvgIpc) is 2.83. The molecule has 0 aliphatic carbocycles. The van der Waals surface area contributed by atoms with Crippen molar-refractivity contribution in [2.45, 2.75) is 51.9 Å². The Hall–Kier alpha value is -1.37. The first-order valence-corrected chi connectivity index (χ1v) is 8.21. The maximum Gasteiger partial charge on any atom is 0.494 e. The highest BCUT2D eigenvalue weighted by molar-refractivity contribution is 6.62. The molecule has 0 N–H and O–H groups in total. The van der Waals surface area contributed by atoms with Crippen LogP contribution in [0.15, 0.2) is 18.2 Å². The maximum absolute atomic E-state index is 6.16. The number of hydrogen-bond donors (Lipinski definition) is 0. The lowest BCUT2D eigenvalue weighted by Gasteiger charge is -2.32. The number of benzene rings is 1. The van der Waals surface area contributed by atoms with Crippen molar-refractivity contribution in [2.24, 2.45) is 0 Å². The first-order chi connectivity index (χ1) is 10.8. The van der Waals surface area contributed by atoms with Gasteiger partial charge in [-0.1, -0.05) is 12.1 Å². The zero-order chi connectivity index (χ0) is 16.4. The quantitative estimate of drug-likeness (QED) is 0.798. The van der Waals surface area contributed by atoms with Gasteiger partial charge in [0.25, 0.3) is 0 Å². The predicted molar refractivity (Wildman–Crippen MR) is 90.0 cm³/mol. The lowest BCUT2D eigenvalue weighted by atomic mass is 9.78. The zero-order valence-corrected chi connectivity index (χ0v) is 14.4. The summed E-state index contributed by atoms with van der Waals surface area (Å²) in [5, 5.41) is 5.85. The first-order valence-electron chi connectivity index (χ1n) is 8.21. The molecule has 0 bridgehead atoms. The molecule has 2 aliphatic rings. The van der Waals surface area contributed by atoms with Gasteiger partial charge in [0.2, 0.25) is 0 Å². The van der Waals surface area contributed by atoms with E-state index in [2.05, 4.69) is 50.6 Å². The highest BCUT2D eigenvalue weighted by Crippen LogP contribution is 2.36. The molecule has 0 radical (unpaired) electrons. The van der Waals surface area contributed by atoms with Crippen molar-refractivity contribution in [3.8, 4) is 0 Å². The summed E-state index contributed by atoms with van der Waals surface area (Å²) in [6, 6.07) is 6.71. The van der Waals surface area contributed by atoms with Crippen molar-refractivity contribution in [2.75, 3.05) is 13.2 Å². The van der Waals surface area contributed by atoms with Crippen LogP contribution in [0.3, 0.4) is 0 Å². The topological polar surface area (TPSA) is 45.5 Å². The second kappa shape index (κ2) is 4.82. The first kappa shape index (κ1) is 15.2. The minimum atomic E-state index is -0.334. The van der Waals surface area contributed by atoms with Gasteiger partial charge in [-0.3, -0.25) is 4.68 Å². The number of aromatic nitrogens is 2. The lowest BCUT2D eigenvalue weighted by Crippen LogP contribution is -2.41. The van der Waals surface area contributed by atoms with Gasteiger partial charge in [-0.2, -0.15) is 5.10 Å². The lowest BCUT2D eigenvalue weighted by molar-refractivity contribution is -0.0267. The molecule has 0 saturated carbocycles. The molecular weight excluding hydrogens is 291 g/mol. The van der Waals surface area contributed by atoms with Crippen LogP contribution in [-0.4, -0.2) is 41.3 Å². The summed E-state index contributed by atoms with van der Waals surface area (Å²) in [5.74, 6) is 0. The summed E-state index contributed by atoms with van der Waals surface area (Å²) < 4.78 is 19.7. The average molecular weight is 314 g/mol. The summed E-state index contributed by atoms with van der Waals surface area (Å²) >= 11 is 0. The molecule has 4 rings (SSSR count). The molecule has 5 nitrogen and oxygen atoms in total. The second-order valence-electron chi connectivity index (χ2n) is 7.59. The van der Waals surface area contributed by atoms with E-state index in [0.29, 0.717) is 6.04 Å². The van der Waals surface area contributed by atoms with Crippen molar-refractivity contribution < 1.29 is 14.0 Å². The Balaban J connectivity index is 1.72. The van der Waals surface area contributed by atoms with E-state index in [1.807, 2.05) is 6.92 Å². The van der Waals surface area contributed by atoms with E-state index in [-0.39, 0.29) is 18.3 Å². The minimum absolute atomic E-state index is 0.324. The molecule has 2 fully saturated rings. The van der Waals surface area contributed by atoms with Gasteiger partial charge in [0, 0.05) is 5.39 Å². The van der Waals surface area contributed by atoms with Gasteiger partial charge in [-0.25, -0.2) is 0 Å².